The summed E-state index contributed by atoms with van der Waals surface area (Å²) in [5, 5.41) is 8.43. The molecule has 1 saturated heterocycles. The molecule has 3 aromatic heterocycles. The summed E-state index contributed by atoms with van der Waals surface area (Å²) in [4.78, 5) is 17.5. The molecule has 27 heavy (non-hydrogen) atoms. The first kappa shape index (κ1) is 17.4. The van der Waals surface area contributed by atoms with Crippen LogP contribution in [0.5, 0.6) is 0 Å². The standard InChI is InChI=1S/C18H16F3N5O/c19-18(20,21)14-5-4-13(11-22-14)17(27)25-9-6-12(7-10-25)16-24-23-15-3-1-2-8-26(15)16/h1-5,8,11-12H,6-7,9-10H2. The van der Waals surface area contributed by atoms with Crippen molar-refractivity contribution in [2.24, 2.45) is 0 Å². The molecule has 1 aliphatic heterocycles. The Morgan fingerprint density at radius 3 is 2.52 bits per heavy atom. The minimum absolute atomic E-state index is 0.161. The van der Waals surface area contributed by atoms with Crippen LogP contribution >= 0.6 is 0 Å². The van der Waals surface area contributed by atoms with Gasteiger partial charge in [0.1, 0.15) is 11.5 Å². The first-order chi connectivity index (χ1) is 12.9. The number of pyridine rings is 2. The summed E-state index contributed by atoms with van der Waals surface area (Å²) in [5.41, 5.74) is -0.0624. The van der Waals surface area contributed by atoms with E-state index in [-0.39, 0.29) is 17.4 Å². The molecule has 1 fully saturated rings. The van der Waals surface area contributed by atoms with Crippen molar-refractivity contribution in [3.63, 3.8) is 0 Å². The van der Waals surface area contributed by atoms with E-state index in [0.717, 1.165) is 36.6 Å². The van der Waals surface area contributed by atoms with E-state index in [1.54, 1.807) is 4.90 Å². The van der Waals surface area contributed by atoms with Crippen LogP contribution in [-0.2, 0) is 6.18 Å². The Morgan fingerprint density at radius 2 is 1.85 bits per heavy atom. The number of carbonyl (C=O) groups is 1. The lowest BCUT2D eigenvalue weighted by Crippen LogP contribution is -2.38. The molecule has 0 N–H and O–H groups in total. The lowest BCUT2D eigenvalue weighted by Gasteiger charge is -2.31. The summed E-state index contributed by atoms with van der Waals surface area (Å²) in [6, 6.07) is 7.70. The molecule has 0 spiro atoms. The third kappa shape index (κ3) is 3.36. The van der Waals surface area contributed by atoms with Gasteiger partial charge < -0.3 is 4.90 Å². The predicted molar refractivity (Wildman–Crippen MR) is 90.1 cm³/mol. The van der Waals surface area contributed by atoms with Gasteiger partial charge in [-0.2, -0.15) is 13.2 Å². The second-order valence-electron chi connectivity index (χ2n) is 6.48. The maximum absolute atomic E-state index is 12.6. The first-order valence-electron chi connectivity index (χ1n) is 8.55. The highest BCUT2D eigenvalue weighted by Gasteiger charge is 2.33. The van der Waals surface area contributed by atoms with Crippen molar-refractivity contribution < 1.29 is 18.0 Å². The van der Waals surface area contributed by atoms with Gasteiger partial charge in [-0.25, -0.2) is 0 Å². The van der Waals surface area contributed by atoms with Gasteiger partial charge in [-0.3, -0.25) is 14.2 Å². The third-order valence-corrected chi connectivity index (χ3v) is 4.79. The van der Waals surface area contributed by atoms with Crippen LogP contribution in [0.2, 0.25) is 0 Å². The van der Waals surface area contributed by atoms with Crippen molar-refractivity contribution in [3.8, 4) is 0 Å². The van der Waals surface area contributed by atoms with Crippen LogP contribution in [-0.4, -0.2) is 43.5 Å². The molecule has 0 saturated carbocycles. The maximum atomic E-state index is 12.6. The van der Waals surface area contributed by atoms with Crippen LogP contribution in [0.25, 0.3) is 5.65 Å². The molecule has 4 rings (SSSR count). The average molecular weight is 375 g/mol. The molecule has 140 valence electrons. The molecule has 0 aliphatic carbocycles. The molecule has 0 bridgehead atoms. The lowest BCUT2D eigenvalue weighted by atomic mass is 9.95. The second-order valence-corrected chi connectivity index (χ2v) is 6.48. The minimum Gasteiger partial charge on any atom is -0.339 e. The summed E-state index contributed by atoms with van der Waals surface area (Å²) in [7, 11) is 0. The zero-order valence-electron chi connectivity index (χ0n) is 14.2. The van der Waals surface area contributed by atoms with Crippen molar-refractivity contribution >= 4 is 11.6 Å². The number of likely N-dealkylation sites (tertiary alicyclic amines) is 1. The highest BCUT2D eigenvalue weighted by atomic mass is 19.4. The number of fused-ring (bicyclic) bond motifs is 1. The number of hydrogen-bond donors (Lipinski definition) is 0. The van der Waals surface area contributed by atoms with E-state index < -0.39 is 11.9 Å². The van der Waals surface area contributed by atoms with E-state index in [4.69, 9.17) is 0 Å². The van der Waals surface area contributed by atoms with E-state index >= 15 is 0 Å². The van der Waals surface area contributed by atoms with Crippen molar-refractivity contribution in [3.05, 3.63) is 59.8 Å². The van der Waals surface area contributed by atoms with E-state index in [1.165, 1.54) is 6.07 Å². The molecule has 0 atom stereocenters. The highest BCUT2D eigenvalue weighted by molar-refractivity contribution is 5.94. The van der Waals surface area contributed by atoms with E-state index in [1.807, 2.05) is 28.8 Å². The van der Waals surface area contributed by atoms with Gasteiger partial charge in [-0.05, 0) is 37.1 Å². The van der Waals surface area contributed by atoms with E-state index in [2.05, 4.69) is 15.2 Å². The number of aromatic nitrogens is 4. The van der Waals surface area contributed by atoms with Crippen molar-refractivity contribution in [2.75, 3.05) is 13.1 Å². The summed E-state index contributed by atoms with van der Waals surface area (Å²) < 4.78 is 39.7. The van der Waals surface area contributed by atoms with E-state index in [0.29, 0.717) is 13.1 Å². The van der Waals surface area contributed by atoms with Gasteiger partial charge in [-0.15, -0.1) is 10.2 Å². The van der Waals surface area contributed by atoms with Gasteiger partial charge in [0.05, 0.1) is 5.56 Å². The molecule has 1 amide bonds. The topological polar surface area (TPSA) is 63.4 Å². The molecular formula is C18H16F3N5O. The Hall–Kier alpha value is -2.97. The fourth-order valence-corrected chi connectivity index (χ4v) is 3.35. The Morgan fingerprint density at radius 1 is 1.07 bits per heavy atom. The van der Waals surface area contributed by atoms with Gasteiger partial charge in [0.15, 0.2) is 5.65 Å². The number of halogens is 3. The SMILES string of the molecule is O=C(c1ccc(C(F)(F)F)nc1)N1CCC(c2nnc3ccccn23)CC1. The first-order valence-corrected chi connectivity index (χ1v) is 8.55. The molecule has 6 nitrogen and oxygen atoms in total. The van der Waals surface area contributed by atoms with Crippen LogP contribution in [0, 0.1) is 0 Å². The monoisotopic (exact) mass is 375 g/mol. The number of hydrogen-bond acceptors (Lipinski definition) is 4. The van der Waals surface area contributed by atoms with Gasteiger partial charge in [-0.1, -0.05) is 6.07 Å². The van der Waals surface area contributed by atoms with Crippen LogP contribution in [0.1, 0.15) is 40.6 Å². The number of amides is 1. The molecule has 1 aliphatic rings. The Bertz CT molecular complexity index is 959. The smallest absolute Gasteiger partial charge is 0.339 e. The number of alkyl halides is 3. The normalized spacial score (nSPS) is 16.0. The van der Waals surface area contributed by atoms with Crippen LogP contribution in [0.15, 0.2) is 42.7 Å². The zero-order chi connectivity index (χ0) is 19.0. The fraction of sp³-hybridized carbons (Fsp3) is 0.333. The quantitative estimate of drug-likeness (QED) is 0.690. The molecule has 0 aromatic carbocycles. The Balaban J connectivity index is 1.43. The predicted octanol–water partition coefficient (Wildman–Crippen LogP) is 3.16. The summed E-state index contributed by atoms with van der Waals surface area (Å²) in [5.74, 6) is 0.742. The van der Waals surface area contributed by atoms with Crippen molar-refractivity contribution in [1.82, 2.24) is 24.5 Å². The van der Waals surface area contributed by atoms with E-state index in [9.17, 15) is 18.0 Å². The Labute approximate surface area is 152 Å². The molecule has 0 unspecified atom stereocenters. The van der Waals surface area contributed by atoms with Gasteiger partial charge in [0.2, 0.25) is 0 Å². The Kier molecular flexibility index (Phi) is 4.29. The number of rotatable bonds is 2. The lowest BCUT2D eigenvalue weighted by molar-refractivity contribution is -0.141. The average Bonchev–Trinajstić information content (AvgIpc) is 3.11. The third-order valence-electron chi connectivity index (χ3n) is 4.79. The van der Waals surface area contributed by atoms with Crippen LogP contribution < -0.4 is 0 Å². The molecule has 0 radical (unpaired) electrons. The number of carbonyl (C=O) groups excluding carboxylic acids is 1. The van der Waals surface area contributed by atoms with Gasteiger partial charge >= 0.3 is 6.18 Å². The molecule has 9 heteroatoms. The minimum atomic E-state index is -4.51. The number of nitrogens with zero attached hydrogens (tertiary/aromatic N) is 5. The maximum Gasteiger partial charge on any atom is 0.433 e. The summed E-state index contributed by atoms with van der Waals surface area (Å²) >= 11 is 0. The van der Waals surface area contributed by atoms with Crippen LogP contribution in [0.4, 0.5) is 13.2 Å². The summed E-state index contributed by atoms with van der Waals surface area (Å²) in [6.45, 7) is 1.01. The fourth-order valence-electron chi connectivity index (χ4n) is 3.35. The second kappa shape index (κ2) is 6.64. The van der Waals surface area contributed by atoms with Crippen molar-refractivity contribution in [1.29, 1.82) is 0 Å². The zero-order valence-corrected chi connectivity index (χ0v) is 14.2. The van der Waals surface area contributed by atoms with Gasteiger partial charge in [0, 0.05) is 31.4 Å². The number of piperidine rings is 1. The van der Waals surface area contributed by atoms with Crippen molar-refractivity contribution in [2.45, 2.75) is 24.9 Å². The largest absolute Gasteiger partial charge is 0.433 e. The molecule has 4 heterocycles. The van der Waals surface area contributed by atoms with Crippen LogP contribution in [0.3, 0.4) is 0 Å². The van der Waals surface area contributed by atoms with Gasteiger partial charge in [0.25, 0.3) is 5.91 Å². The summed E-state index contributed by atoms with van der Waals surface area (Å²) in [6.07, 6.45) is -0.175. The molecular weight excluding hydrogens is 359 g/mol. The molecule has 3 aromatic rings. The highest BCUT2D eigenvalue weighted by Crippen LogP contribution is 2.29.